The Morgan fingerprint density at radius 3 is 2.25 bits per heavy atom. The summed E-state index contributed by atoms with van der Waals surface area (Å²) in [7, 11) is 0. The van der Waals surface area contributed by atoms with E-state index >= 15 is 0 Å². The predicted molar refractivity (Wildman–Crippen MR) is 41.9 cm³/mol. The van der Waals surface area contributed by atoms with Gasteiger partial charge in [-0.05, 0) is 20.8 Å². The third-order valence-electron chi connectivity index (χ3n) is 0.632. The summed E-state index contributed by atoms with van der Waals surface area (Å²) in [4.78, 5) is 4.15. The first-order valence-electron chi connectivity index (χ1n) is 2.66. The Hall–Kier alpha value is -0.240. The van der Waals surface area contributed by atoms with Crippen LogP contribution >= 0.6 is 12.2 Å². The van der Waals surface area contributed by atoms with Crippen LogP contribution in [0.4, 0.5) is 0 Å². The third kappa shape index (κ3) is 3.93. The zero-order chi connectivity index (χ0) is 6.57. The van der Waals surface area contributed by atoms with Gasteiger partial charge in [0.15, 0.2) is 0 Å². The van der Waals surface area contributed by atoms with E-state index in [-0.39, 0.29) is 0 Å². The highest BCUT2D eigenvalue weighted by molar-refractivity contribution is 7.80. The van der Waals surface area contributed by atoms with Gasteiger partial charge in [0.05, 0.1) is 0 Å². The van der Waals surface area contributed by atoms with Crippen LogP contribution < -0.4 is 0 Å². The van der Waals surface area contributed by atoms with Crippen LogP contribution in [-0.4, -0.2) is 17.1 Å². The molecule has 0 aliphatic heterocycles. The van der Waals surface area contributed by atoms with Gasteiger partial charge in [-0.15, -0.1) is 0 Å². The van der Waals surface area contributed by atoms with Gasteiger partial charge in [-0.3, -0.25) is 4.99 Å². The van der Waals surface area contributed by atoms with Gasteiger partial charge in [-0.1, -0.05) is 12.2 Å². The lowest BCUT2D eigenvalue weighted by atomic mass is 10.4. The zero-order valence-electron chi connectivity index (χ0n) is 5.51. The molecule has 0 aliphatic carbocycles. The van der Waals surface area contributed by atoms with Crippen molar-refractivity contribution in [2.24, 2.45) is 4.99 Å². The molecule has 1 nitrogen and oxygen atoms in total. The first-order chi connectivity index (χ1) is 3.66. The minimum atomic E-state index is 0.370. The van der Waals surface area contributed by atoms with E-state index in [9.17, 15) is 0 Å². The molecule has 0 aromatic heterocycles. The molecular formula is C6H11NS. The number of hydrogen-bond acceptors (Lipinski definition) is 2. The Morgan fingerprint density at radius 2 is 2.12 bits per heavy atom. The molecule has 0 saturated carbocycles. The van der Waals surface area contributed by atoms with E-state index in [1.165, 1.54) is 0 Å². The van der Waals surface area contributed by atoms with Crippen LogP contribution in [0.2, 0.25) is 0 Å². The summed E-state index contributed by atoms with van der Waals surface area (Å²) in [5, 5.41) is 1.60. The number of nitrogens with zero attached hydrogens (tertiary/aromatic N) is 1. The average Bonchev–Trinajstić information content (AvgIpc) is 1.65. The first-order valence-corrected chi connectivity index (χ1v) is 3.13. The second-order valence-corrected chi connectivity index (χ2v) is 2.22. The van der Waals surface area contributed by atoms with E-state index in [1.807, 2.05) is 20.8 Å². The number of rotatable bonds is 2. The van der Waals surface area contributed by atoms with Gasteiger partial charge >= 0.3 is 0 Å². The molecule has 0 radical (unpaired) electrons. The molecule has 0 rings (SSSR count). The van der Waals surface area contributed by atoms with E-state index in [0.717, 1.165) is 5.71 Å². The van der Waals surface area contributed by atoms with Gasteiger partial charge in [0, 0.05) is 17.1 Å². The summed E-state index contributed by atoms with van der Waals surface area (Å²) in [6.07, 6.45) is 0. The summed E-state index contributed by atoms with van der Waals surface area (Å²) in [6, 6.07) is 0.370. The molecule has 46 valence electrons. The van der Waals surface area contributed by atoms with Gasteiger partial charge in [0.2, 0.25) is 0 Å². The van der Waals surface area contributed by atoms with Crippen LogP contribution in [0.25, 0.3) is 0 Å². The molecular weight excluding hydrogens is 118 g/mol. The molecule has 0 aromatic rings. The molecule has 8 heavy (non-hydrogen) atoms. The molecule has 0 N–H and O–H groups in total. The fourth-order valence-electron chi connectivity index (χ4n) is 0.438. The fourth-order valence-corrected chi connectivity index (χ4v) is 0.499. The second-order valence-electron chi connectivity index (χ2n) is 1.98. The highest BCUT2D eigenvalue weighted by Gasteiger charge is 1.85. The SMILES string of the molecule is CC(C=S)=NC(C)C. The lowest BCUT2D eigenvalue weighted by molar-refractivity contribution is 0.838. The molecule has 0 aliphatic rings. The lowest BCUT2D eigenvalue weighted by Gasteiger charge is -1.94. The van der Waals surface area contributed by atoms with Crippen LogP contribution in [0.3, 0.4) is 0 Å². The monoisotopic (exact) mass is 129 g/mol. The molecule has 0 atom stereocenters. The summed E-state index contributed by atoms with van der Waals surface area (Å²) in [6.45, 7) is 5.97. The van der Waals surface area contributed by atoms with Gasteiger partial charge in [-0.25, -0.2) is 0 Å². The van der Waals surface area contributed by atoms with Crippen LogP contribution in [0, 0.1) is 0 Å². The van der Waals surface area contributed by atoms with Gasteiger partial charge in [-0.2, -0.15) is 0 Å². The maximum absolute atomic E-state index is 4.64. The number of thiocarbonyl (C=S) groups is 1. The van der Waals surface area contributed by atoms with Gasteiger partial charge in [0.25, 0.3) is 0 Å². The first kappa shape index (κ1) is 7.76. The molecule has 0 aromatic carbocycles. The quantitative estimate of drug-likeness (QED) is 0.409. The largest absolute Gasteiger partial charge is 0.286 e. The minimum Gasteiger partial charge on any atom is -0.286 e. The van der Waals surface area contributed by atoms with E-state index in [0.29, 0.717) is 6.04 Å². The Kier molecular flexibility index (Phi) is 3.61. The average molecular weight is 129 g/mol. The van der Waals surface area contributed by atoms with E-state index in [2.05, 4.69) is 17.2 Å². The molecule has 0 unspecified atom stereocenters. The molecule has 0 amide bonds. The normalized spacial score (nSPS) is 12.2. The Balaban J connectivity index is 3.74. The minimum absolute atomic E-state index is 0.370. The Labute approximate surface area is 55.8 Å². The van der Waals surface area contributed by atoms with Crippen molar-refractivity contribution >= 4 is 23.3 Å². The molecule has 2 heteroatoms. The Morgan fingerprint density at radius 1 is 1.62 bits per heavy atom. The smallest absolute Gasteiger partial charge is 0.0446 e. The standard InChI is InChI=1S/C6H11NS/c1-5(2)7-6(3)4-8/h4-5H,1-3H3. The van der Waals surface area contributed by atoms with Crippen molar-refractivity contribution in [3.8, 4) is 0 Å². The van der Waals surface area contributed by atoms with E-state index in [4.69, 9.17) is 0 Å². The summed E-state index contributed by atoms with van der Waals surface area (Å²) in [5.41, 5.74) is 0.940. The summed E-state index contributed by atoms with van der Waals surface area (Å²) in [5.74, 6) is 0. The van der Waals surface area contributed by atoms with Gasteiger partial charge in [0.1, 0.15) is 0 Å². The van der Waals surface area contributed by atoms with Crippen LogP contribution in [0.1, 0.15) is 20.8 Å². The van der Waals surface area contributed by atoms with Crippen LogP contribution in [0.15, 0.2) is 4.99 Å². The van der Waals surface area contributed by atoms with Crippen molar-refractivity contribution in [1.29, 1.82) is 0 Å². The zero-order valence-corrected chi connectivity index (χ0v) is 6.33. The van der Waals surface area contributed by atoms with Crippen LogP contribution in [-0.2, 0) is 0 Å². The van der Waals surface area contributed by atoms with Crippen molar-refractivity contribution in [2.75, 3.05) is 0 Å². The maximum Gasteiger partial charge on any atom is 0.0446 e. The maximum atomic E-state index is 4.64. The van der Waals surface area contributed by atoms with Crippen molar-refractivity contribution in [3.63, 3.8) is 0 Å². The fraction of sp³-hybridized carbons (Fsp3) is 0.667. The Bertz CT molecular complexity index is 105. The third-order valence-corrected chi connectivity index (χ3v) is 0.974. The van der Waals surface area contributed by atoms with Crippen molar-refractivity contribution in [3.05, 3.63) is 0 Å². The molecule has 0 saturated heterocycles. The summed E-state index contributed by atoms with van der Waals surface area (Å²) < 4.78 is 0. The van der Waals surface area contributed by atoms with Crippen LogP contribution in [0.5, 0.6) is 0 Å². The second kappa shape index (κ2) is 3.72. The topological polar surface area (TPSA) is 12.4 Å². The number of aliphatic imine (C=N–C) groups is 1. The molecule has 0 spiro atoms. The molecule has 0 bridgehead atoms. The van der Waals surface area contributed by atoms with Crippen molar-refractivity contribution in [2.45, 2.75) is 26.8 Å². The highest BCUT2D eigenvalue weighted by atomic mass is 32.1. The number of hydrogen-bond donors (Lipinski definition) is 0. The van der Waals surface area contributed by atoms with Crippen molar-refractivity contribution < 1.29 is 0 Å². The molecule has 0 heterocycles. The summed E-state index contributed by atoms with van der Waals surface area (Å²) >= 11 is 4.64. The lowest BCUT2D eigenvalue weighted by Crippen LogP contribution is -1.96. The predicted octanol–water partition coefficient (Wildman–Crippen LogP) is 1.86. The van der Waals surface area contributed by atoms with Gasteiger partial charge < -0.3 is 0 Å². The van der Waals surface area contributed by atoms with Crippen molar-refractivity contribution in [1.82, 2.24) is 0 Å². The highest BCUT2D eigenvalue weighted by Crippen LogP contribution is 1.85. The van der Waals surface area contributed by atoms with E-state index in [1.54, 1.807) is 5.37 Å². The van der Waals surface area contributed by atoms with E-state index < -0.39 is 0 Å². The molecule has 0 fully saturated rings.